The van der Waals surface area contributed by atoms with Crippen molar-refractivity contribution in [2.24, 2.45) is 5.92 Å². The van der Waals surface area contributed by atoms with E-state index in [9.17, 15) is 0 Å². The lowest BCUT2D eigenvalue weighted by atomic mass is 9.90. The van der Waals surface area contributed by atoms with Crippen molar-refractivity contribution in [1.29, 1.82) is 0 Å². The predicted octanol–water partition coefficient (Wildman–Crippen LogP) is 4.74. The smallest absolute Gasteiger partial charge is 0.00191 e. The molecular weight excluding hydrogens is 230 g/mol. The first-order valence-corrected chi connectivity index (χ1v) is 7.46. The Labute approximate surface area is 119 Å². The predicted molar refractivity (Wildman–Crippen MR) is 86.3 cm³/mol. The second-order valence-corrected chi connectivity index (χ2v) is 5.65. The maximum Gasteiger partial charge on any atom is -0.00191 e. The van der Waals surface area contributed by atoms with Crippen molar-refractivity contribution in [2.75, 3.05) is 20.1 Å². The van der Waals surface area contributed by atoms with Crippen LogP contribution in [0.3, 0.4) is 0 Å². The molecule has 106 valence electrons. The number of allylic oxidation sites excluding steroid dienone is 7. The largest absolute Gasteiger partial charge is 0.306 e. The highest BCUT2D eigenvalue weighted by Crippen LogP contribution is 2.24. The molecule has 0 saturated carbocycles. The van der Waals surface area contributed by atoms with E-state index in [-0.39, 0.29) is 0 Å². The van der Waals surface area contributed by atoms with Gasteiger partial charge in [0.15, 0.2) is 0 Å². The Balaban J connectivity index is 2.48. The van der Waals surface area contributed by atoms with Gasteiger partial charge in [-0.25, -0.2) is 0 Å². The van der Waals surface area contributed by atoms with Gasteiger partial charge in [0.1, 0.15) is 0 Å². The number of hydrogen-bond acceptors (Lipinski definition) is 1. The average molecular weight is 259 g/mol. The molecule has 0 spiro atoms. The van der Waals surface area contributed by atoms with Crippen LogP contribution in [0.15, 0.2) is 48.1 Å². The molecule has 1 rings (SSSR count). The number of likely N-dealkylation sites (tertiary alicyclic amines) is 1. The summed E-state index contributed by atoms with van der Waals surface area (Å²) in [7, 11) is 2.22. The number of nitrogens with zero attached hydrogens (tertiary/aromatic N) is 1. The van der Waals surface area contributed by atoms with Crippen LogP contribution >= 0.6 is 0 Å². The van der Waals surface area contributed by atoms with Gasteiger partial charge in [-0.15, -0.1) is 0 Å². The summed E-state index contributed by atoms with van der Waals surface area (Å²) in [4.78, 5) is 2.44. The summed E-state index contributed by atoms with van der Waals surface area (Å²) in [6.07, 6.45) is 15.8. The number of rotatable bonds is 6. The molecule has 1 aliphatic rings. The lowest BCUT2D eigenvalue weighted by Crippen LogP contribution is -2.30. The van der Waals surface area contributed by atoms with Crippen molar-refractivity contribution in [3.8, 4) is 0 Å². The highest BCUT2D eigenvalue weighted by molar-refractivity contribution is 5.30. The highest BCUT2D eigenvalue weighted by atomic mass is 15.1. The first kappa shape index (κ1) is 16.0. The average Bonchev–Trinajstić information content (AvgIpc) is 2.38. The standard InChI is InChI=1S/C18H29N/c1-5-7-16(3)15-18(8-6-2)10-9-17-11-13-19(4)14-12-17/h5-8,15,17H,2,9-14H2,1,3-4H3/b7-5-,16-15-,18-8+. The van der Waals surface area contributed by atoms with Crippen LogP contribution in [-0.2, 0) is 0 Å². The second-order valence-electron chi connectivity index (χ2n) is 5.65. The van der Waals surface area contributed by atoms with E-state index in [2.05, 4.69) is 56.7 Å². The van der Waals surface area contributed by atoms with Crippen LogP contribution in [0.2, 0.25) is 0 Å². The van der Waals surface area contributed by atoms with Crippen molar-refractivity contribution in [1.82, 2.24) is 4.90 Å². The van der Waals surface area contributed by atoms with Crippen molar-refractivity contribution >= 4 is 0 Å². The topological polar surface area (TPSA) is 3.24 Å². The maximum atomic E-state index is 3.83. The normalized spacial score (nSPS) is 20.2. The summed E-state index contributed by atoms with van der Waals surface area (Å²) in [5.74, 6) is 0.903. The quantitative estimate of drug-likeness (QED) is 0.623. The Morgan fingerprint density at radius 3 is 2.58 bits per heavy atom. The molecular formula is C18H29N. The van der Waals surface area contributed by atoms with Gasteiger partial charge in [0.25, 0.3) is 0 Å². The van der Waals surface area contributed by atoms with Crippen LogP contribution in [0, 0.1) is 5.92 Å². The fraction of sp³-hybridized carbons (Fsp3) is 0.556. The van der Waals surface area contributed by atoms with Gasteiger partial charge in [-0.3, -0.25) is 0 Å². The maximum absolute atomic E-state index is 3.83. The third-order valence-electron chi connectivity index (χ3n) is 3.85. The van der Waals surface area contributed by atoms with Crippen LogP contribution < -0.4 is 0 Å². The fourth-order valence-electron chi connectivity index (χ4n) is 2.68. The van der Waals surface area contributed by atoms with Crippen LogP contribution in [0.5, 0.6) is 0 Å². The number of piperidine rings is 1. The lowest BCUT2D eigenvalue weighted by Gasteiger charge is -2.29. The van der Waals surface area contributed by atoms with Crippen LogP contribution in [0.25, 0.3) is 0 Å². The van der Waals surface area contributed by atoms with Crippen molar-refractivity contribution in [2.45, 2.75) is 39.5 Å². The molecule has 0 N–H and O–H groups in total. The van der Waals surface area contributed by atoms with E-state index in [1.165, 1.54) is 49.9 Å². The SMILES string of the molecule is C=C/C=C(/C=C(C)\C=C/C)CCC1CCN(C)CC1. The molecule has 1 saturated heterocycles. The molecule has 0 aromatic rings. The molecule has 0 bridgehead atoms. The summed E-state index contributed by atoms with van der Waals surface area (Å²) in [5.41, 5.74) is 2.73. The summed E-state index contributed by atoms with van der Waals surface area (Å²) < 4.78 is 0. The fourth-order valence-corrected chi connectivity index (χ4v) is 2.68. The Bertz CT molecular complexity index is 352. The molecule has 0 amide bonds. The van der Waals surface area contributed by atoms with Crippen molar-refractivity contribution in [3.05, 3.63) is 48.1 Å². The molecule has 0 unspecified atom stereocenters. The Hall–Kier alpha value is -1.08. The van der Waals surface area contributed by atoms with Crippen LogP contribution in [-0.4, -0.2) is 25.0 Å². The van der Waals surface area contributed by atoms with Gasteiger partial charge >= 0.3 is 0 Å². The molecule has 1 aliphatic heterocycles. The Morgan fingerprint density at radius 1 is 1.32 bits per heavy atom. The van der Waals surface area contributed by atoms with E-state index in [1.54, 1.807) is 0 Å². The van der Waals surface area contributed by atoms with E-state index in [0.29, 0.717) is 0 Å². The van der Waals surface area contributed by atoms with Gasteiger partial charge in [-0.1, -0.05) is 42.5 Å². The summed E-state index contributed by atoms with van der Waals surface area (Å²) >= 11 is 0. The zero-order chi connectivity index (χ0) is 14.1. The molecule has 0 aromatic heterocycles. The van der Waals surface area contributed by atoms with Gasteiger partial charge in [0, 0.05) is 0 Å². The second kappa shape index (κ2) is 8.92. The zero-order valence-corrected chi connectivity index (χ0v) is 12.9. The molecule has 1 heterocycles. The van der Waals surface area contributed by atoms with Crippen molar-refractivity contribution in [3.63, 3.8) is 0 Å². The van der Waals surface area contributed by atoms with Gasteiger partial charge in [0.2, 0.25) is 0 Å². The van der Waals surface area contributed by atoms with Gasteiger partial charge in [0.05, 0.1) is 0 Å². The molecule has 0 atom stereocenters. The zero-order valence-electron chi connectivity index (χ0n) is 12.9. The minimum absolute atomic E-state index is 0.903. The summed E-state index contributed by atoms with van der Waals surface area (Å²) in [6, 6.07) is 0. The summed E-state index contributed by atoms with van der Waals surface area (Å²) in [6.45, 7) is 10.6. The summed E-state index contributed by atoms with van der Waals surface area (Å²) in [5, 5.41) is 0. The molecule has 0 aliphatic carbocycles. The van der Waals surface area contributed by atoms with E-state index in [0.717, 1.165) is 5.92 Å². The van der Waals surface area contributed by atoms with E-state index < -0.39 is 0 Å². The third kappa shape index (κ3) is 6.58. The lowest BCUT2D eigenvalue weighted by molar-refractivity contribution is 0.213. The van der Waals surface area contributed by atoms with Gasteiger partial charge in [-0.05, 0) is 71.2 Å². The van der Waals surface area contributed by atoms with E-state index in [4.69, 9.17) is 0 Å². The Morgan fingerprint density at radius 2 is 2.00 bits per heavy atom. The Kier molecular flexibility index (Phi) is 7.50. The molecule has 19 heavy (non-hydrogen) atoms. The minimum atomic E-state index is 0.903. The first-order valence-electron chi connectivity index (χ1n) is 7.46. The van der Waals surface area contributed by atoms with Crippen LogP contribution in [0.4, 0.5) is 0 Å². The first-order chi connectivity index (χ1) is 9.15. The van der Waals surface area contributed by atoms with Gasteiger partial charge < -0.3 is 4.90 Å². The monoisotopic (exact) mass is 259 g/mol. The molecule has 1 fully saturated rings. The molecule has 1 nitrogen and oxygen atoms in total. The molecule has 0 aromatic carbocycles. The van der Waals surface area contributed by atoms with E-state index in [1.807, 2.05) is 6.08 Å². The van der Waals surface area contributed by atoms with Gasteiger partial charge in [-0.2, -0.15) is 0 Å². The molecule has 0 radical (unpaired) electrons. The minimum Gasteiger partial charge on any atom is -0.306 e. The number of hydrogen-bond donors (Lipinski definition) is 0. The third-order valence-corrected chi connectivity index (χ3v) is 3.85. The van der Waals surface area contributed by atoms with Crippen LogP contribution in [0.1, 0.15) is 39.5 Å². The van der Waals surface area contributed by atoms with Crippen molar-refractivity contribution < 1.29 is 0 Å². The molecule has 1 heteroatoms. The van der Waals surface area contributed by atoms with E-state index >= 15 is 0 Å². The highest BCUT2D eigenvalue weighted by Gasteiger charge is 2.16.